The summed E-state index contributed by atoms with van der Waals surface area (Å²) < 4.78 is 1.99. The van der Waals surface area contributed by atoms with Crippen molar-refractivity contribution in [2.75, 3.05) is 20.7 Å². The van der Waals surface area contributed by atoms with Crippen molar-refractivity contribution in [3.05, 3.63) is 24.3 Å². The molecule has 0 fully saturated rings. The Morgan fingerprint density at radius 3 is 2.25 bits per heavy atom. The van der Waals surface area contributed by atoms with Gasteiger partial charge in [-0.2, -0.15) is 0 Å². The van der Waals surface area contributed by atoms with Gasteiger partial charge in [-0.15, -0.1) is 0 Å². The van der Waals surface area contributed by atoms with Crippen molar-refractivity contribution < 1.29 is 14.5 Å². The maximum absolute atomic E-state index is 12.0. The standard InChI is InChI=1S/C13H20NO2/c1-13(2,9-15)12(16)10-5-7-11(8-6-10)14(3)4/h5-8,10,15H,9H2,1-4H3/q+1. The fraction of sp³-hybridized carbons (Fsp3) is 0.538. The lowest BCUT2D eigenvalue weighted by Crippen LogP contribution is -2.33. The lowest BCUT2D eigenvalue weighted by Gasteiger charge is -2.23. The molecule has 0 spiro atoms. The molecule has 0 saturated carbocycles. The van der Waals surface area contributed by atoms with Crippen molar-refractivity contribution in [2.24, 2.45) is 11.3 Å². The van der Waals surface area contributed by atoms with Gasteiger partial charge in [0.05, 0.1) is 12.5 Å². The Balaban J connectivity index is 2.83. The van der Waals surface area contributed by atoms with E-state index in [1.165, 1.54) is 0 Å². The summed E-state index contributed by atoms with van der Waals surface area (Å²) in [6.45, 7) is 3.42. The molecular weight excluding hydrogens is 202 g/mol. The van der Waals surface area contributed by atoms with E-state index in [2.05, 4.69) is 0 Å². The Morgan fingerprint density at radius 1 is 1.38 bits per heavy atom. The quantitative estimate of drug-likeness (QED) is 0.725. The molecule has 16 heavy (non-hydrogen) atoms. The Kier molecular flexibility index (Phi) is 3.81. The fourth-order valence-electron chi connectivity index (χ4n) is 1.53. The van der Waals surface area contributed by atoms with Gasteiger partial charge in [0.15, 0.2) is 11.5 Å². The van der Waals surface area contributed by atoms with Gasteiger partial charge in [0.1, 0.15) is 14.1 Å². The van der Waals surface area contributed by atoms with Gasteiger partial charge in [-0.3, -0.25) is 4.79 Å². The van der Waals surface area contributed by atoms with Crippen LogP contribution in [0.3, 0.4) is 0 Å². The van der Waals surface area contributed by atoms with Gasteiger partial charge >= 0.3 is 0 Å². The number of allylic oxidation sites excluding steroid dienone is 4. The Hall–Kier alpha value is -1.22. The monoisotopic (exact) mass is 222 g/mol. The predicted octanol–water partition coefficient (Wildman–Crippen LogP) is 1.03. The van der Waals surface area contributed by atoms with Gasteiger partial charge in [-0.05, 0) is 0 Å². The number of carbonyl (C=O) groups excluding carboxylic acids is 1. The molecule has 0 heterocycles. The number of nitrogens with zero attached hydrogens (tertiary/aromatic N) is 1. The van der Waals surface area contributed by atoms with Crippen LogP contribution in [0.25, 0.3) is 0 Å². The van der Waals surface area contributed by atoms with Crippen LogP contribution in [0.5, 0.6) is 0 Å². The second kappa shape index (κ2) is 4.74. The van der Waals surface area contributed by atoms with Crippen molar-refractivity contribution in [2.45, 2.75) is 13.8 Å². The van der Waals surface area contributed by atoms with Crippen LogP contribution in [0.2, 0.25) is 0 Å². The molecule has 88 valence electrons. The number of hydrogen-bond donors (Lipinski definition) is 1. The summed E-state index contributed by atoms with van der Waals surface area (Å²) in [7, 11) is 3.92. The summed E-state index contributed by atoms with van der Waals surface area (Å²) in [6, 6.07) is 0. The lowest BCUT2D eigenvalue weighted by atomic mass is 9.80. The van der Waals surface area contributed by atoms with Crippen LogP contribution in [0.1, 0.15) is 13.8 Å². The number of aliphatic hydroxyl groups is 1. The van der Waals surface area contributed by atoms with E-state index < -0.39 is 5.41 Å². The van der Waals surface area contributed by atoms with Crippen LogP contribution in [-0.2, 0) is 4.79 Å². The molecule has 1 aliphatic rings. The van der Waals surface area contributed by atoms with E-state index in [0.717, 1.165) is 5.71 Å². The first kappa shape index (κ1) is 12.8. The second-order valence-corrected chi connectivity index (χ2v) is 4.97. The molecule has 0 amide bonds. The van der Waals surface area contributed by atoms with Crippen LogP contribution >= 0.6 is 0 Å². The van der Waals surface area contributed by atoms with Crippen molar-refractivity contribution in [1.82, 2.24) is 0 Å². The topological polar surface area (TPSA) is 40.3 Å². The highest BCUT2D eigenvalue weighted by atomic mass is 16.3. The highest BCUT2D eigenvalue weighted by Crippen LogP contribution is 2.23. The third-order valence-corrected chi connectivity index (χ3v) is 2.83. The van der Waals surface area contributed by atoms with Crippen LogP contribution in [-0.4, -0.2) is 41.9 Å². The van der Waals surface area contributed by atoms with Crippen LogP contribution in [0.15, 0.2) is 24.3 Å². The minimum Gasteiger partial charge on any atom is -0.395 e. The van der Waals surface area contributed by atoms with E-state index in [1.807, 2.05) is 43.0 Å². The first-order chi connectivity index (χ1) is 7.38. The molecule has 0 bridgehead atoms. The number of ketones is 1. The molecule has 0 aliphatic heterocycles. The molecule has 0 saturated heterocycles. The maximum atomic E-state index is 12.0. The van der Waals surface area contributed by atoms with Crippen LogP contribution < -0.4 is 0 Å². The summed E-state index contributed by atoms with van der Waals surface area (Å²) in [5.41, 5.74) is 0.403. The van der Waals surface area contributed by atoms with Gasteiger partial charge in [-0.25, -0.2) is 4.58 Å². The molecule has 3 heteroatoms. The van der Waals surface area contributed by atoms with Gasteiger partial charge in [0, 0.05) is 17.6 Å². The third-order valence-electron chi connectivity index (χ3n) is 2.83. The number of rotatable bonds is 3. The number of Topliss-reactive ketones (excluding diaryl/α,β-unsaturated/α-hetero) is 1. The Morgan fingerprint density at radius 2 is 1.88 bits per heavy atom. The highest BCUT2D eigenvalue weighted by molar-refractivity contribution is 6.03. The average molecular weight is 222 g/mol. The summed E-state index contributed by atoms with van der Waals surface area (Å²) in [6.07, 6.45) is 7.65. The molecule has 1 rings (SSSR count). The number of aliphatic hydroxyl groups excluding tert-OH is 1. The maximum Gasteiger partial charge on any atom is 0.198 e. The van der Waals surface area contributed by atoms with E-state index in [9.17, 15) is 4.79 Å². The highest BCUT2D eigenvalue weighted by Gasteiger charge is 2.31. The molecule has 0 atom stereocenters. The van der Waals surface area contributed by atoms with E-state index >= 15 is 0 Å². The van der Waals surface area contributed by atoms with Crippen LogP contribution in [0.4, 0.5) is 0 Å². The van der Waals surface area contributed by atoms with E-state index in [4.69, 9.17) is 5.11 Å². The molecule has 0 radical (unpaired) electrons. The third kappa shape index (κ3) is 2.67. The van der Waals surface area contributed by atoms with Crippen molar-refractivity contribution >= 4 is 11.5 Å². The molecule has 0 aromatic rings. The molecule has 1 N–H and O–H groups in total. The summed E-state index contributed by atoms with van der Waals surface area (Å²) >= 11 is 0. The smallest absolute Gasteiger partial charge is 0.198 e. The largest absolute Gasteiger partial charge is 0.395 e. The SMILES string of the molecule is C[N+](C)=C1C=CC(C(=O)C(C)(C)CO)C=C1. The van der Waals surface area contributed by atoms with Crippen molar-refractivity contribution in [1.29, 1.82) is 0 Å². The van der Waals surface area contributed by atoms with E-state index in [-0.39, 0.29) is 18.3 Å². The minimum absolute atomic E-state index is 0.0558. The molecule has 0 unspecified atom stereocenters. The van der Waals surface area contributed by atoms with Gasteiger partial charge in [0.25, 0.3) is 0 Å². The molecule has 0 aromatic heterocycles. The number of hydrogen-bond acceptors (Lipinski definition) is 2. The van der Waals surface area contributed by atoms with Crippen LogP contribution in [0, 0.1) is 11.3 Å². The summed E-state index contributed by atoms with van der Waals surface area (Å²) in [4.78, 5) is 12.0. The van der Waals surface area contributed by atoms with E-state index in [1.54, 1.807) is 13.8 Å². The normalized spacial score (nSPS) is 20.1. The first-order valence-corrected chi connectivity index (χ1v) is 5.44. The number of carbonyl (C=O) groups is 1. The average Bonchev–Trinajstić information content (AvgIpc) is 2.28. The molecule has 0 aromatic carbocycles. The molecular formula is C13H20NO2+. The summed E-state index contributed by atoms with van der Waals surface area (Å²) in [5.74, 6) is -0.161. The van der Waals surface area contributed by atoms with Crippen molar-refractivity contribution in [3.8, 4) is 0 Å². The second-order valence-electron chi connectivity index (χ2n) is 4.97. The minimum atomic E-state index is -0.672. The molecule has 3 nitrogen and oxygen atoms in total. The Bertz CT molecular complexity index is 355. The summed E-state index contributed by atoms with van der Waals surface area (Å²) in [5, 5.41) is 9.15. The van der Waals surface area contributed by atoms with E-state index in [0.29, 0.717) is 0 Å². The molecule has 1 aliphatic carbocycles. The van der Waals surface area contributed by atoms with Gasteiger partial charge in [0.2, 0.25) is 0 Å². The predicted molar refractivity (Wildman–Crippen MR) is 64.8 cm³/mol. The zero-order chi connectivity index (χ0) is 12.3. The fourth-order valence-corrected chi connectivity index (χ4v) is 1.53. The Labute approximate surface area is 96.8 Å². The zero-order valence-electron chi connectivity index (χ0n) is 10.4. The lowest BCUT2D eigenvalue weighted by molar-refractivity contribution is -0.462. The van der Waals surface area contributed by atoms with Gasteiger partial charge in [-0.1, -0.05) is 26.0 Å². The van der Waals surface area contributed by atoms with Gasteiger partial charge < -0.3 is 5.11 Å². The first-order valence-electron chi connectivity index (χ1n) is 5.44. The zero-order valence-corrected chi connectivity index (χ0v) is 10.4. The van der Waals surface area contributed by atoms with Crippen molar-refractivity contribution in [3.63, 3.8) is 0 Å².